The molecular weight excluding hydrogens is 997 g/mol. The van der Waals surface area contributed by atoms with Crippen LogP contribution < -0.4 is 0 Å². The van der Waals surface area contributed by atoms with Crippen molar-refractivity contribution >= 4 is 17.9 Å². The average molecular weight is 1130 g/mol. The smallest absolute Gasteiger partial charge is 0.306 e. The van der Waals surface area contributed by atoms with Gasteiger partial charge in [-0.2, -0.15) is 0 Å². The third-order valence-corrected chi connectivity index (χ3v) is 16.0. The van der Waals surface area contributed by atoms with E-state index in [0.29, 0.717) is 19.3 Å². The molecule has 0 aromatic heterocycles. The van der Waals surface area contributed by atoms with E-state index in [4.69, 9.17) is 14.2 Å². The average Bonchev–Trinajstić information content (AvgIpc) is 3.47. The second-order valence-electron chi connectivity index (χ2n) is 24.1. The summed E-state index contributed by atoms with van der Waals surface area (Å²) in [7, 11) is 0. The third-order valence-electron chi connectivity index (χ3n) is 16.0. The predicted octanol–water partition coefficient (Wildman–Crippen LogP) is 24.7. The first-order chi connectivity index (χ1) is 40.0. The van der Waals surface area contributed by atoms with Gasteiger partial charge in [-0.1, -0.05) is 332 Å². The van der Waals surface area contributed by atoms with Gasteiger partial charge < -0.3 is 14.2 Å². The molecule has 0 radical (unpaired) electrons. The molecular formula is C75H136O6. The highest BCUT2D eigenvalue weighted by Crippen LogP contribution is 2.18. The summed E-state index contributed by atoms with van der Waals surface area (Å²) in [5.41, 5.74) is 0. The Labute approximate surface area is 504 Å². The number of esters is 3. The van der Waals surface area contributed by atoms with Crippen LogP contribution in [0.2, 0.25) is 0 Å². The van der Waals surface area contributed by atoms with Gasteiger partial charge >= 0.3 is 17.9 Å². The molecule has 0 rings (SSSR count). The van der Waals surface area contributed by atoms with E-state index < -0.39 is 6.10 Å². The van der Waals surface area contributed by atoms with Crippen molar-refractivity contribution in [3.63, 3.8) is 0 Å². The fourth-order valence-corrected chi connectivity index (χ4v) is 10.6. The summed E-state index contributed by atoms with van der Waals surface area (Å²) in [6, 6.07) is 0. The van der Waals surface area contributed by atoms with Crippen LogP contribution >= 0.6 is 0 Å². The van der Waals surface area contributed by atoms with Gasteiger partial charge in [0.25, 0.3) is 0 Å². The number of ether oxygens (including phenoxy) is 3. The largest absolute Gasteiger partial charge is 0.462 e. The zero-order valence-corrected chi connectivity index (χ0v) is 54.3. The van der Waals surface area contributed by atoms with Crippen molar-refractivity contribution in [2.45, 2.75) is 386 Å². The lowest BCUT2D eigenvalue weighted by Crippen LogP contribution is -2.30. The van der Waals surface area contributed by atoms with Crippen LogP contribution in [0.5, 0.6) is 0 Å². The number of hydrogen-bond donors (Lipinski definition) is 0. The second-order valence-corrected chi connectivity index (χ2v) is 24.1. The lowest BCUT2D eigenvalue weighted by molar-refractivity contribution is -0.167. The molecule has 6 nitrogen and oxygen atoms in total. The van der Waals surface area contributed by atoms with Crippen molar-refractivity contribution in [3.05, 3.63) is 60.8 Å². The molecule has 0 spiro atoms. The van der Waals surface area contributed by atoms with Crippen molar-refractivity contribution in [2.75, 3.05) is 13.2 Å². The highest BCUT2D eigenvalue weighted by molar-refractivity contribution is 5.71. The Bertz CT molecular complexity index is 1440. The first-order valence-corrected chi connectivity index (χ1v) is 35.8. The Morgan fingerprint density at radius 1 is 0.247 bits per heavy atom. The summed E-state index contributed by atoms with van der Waals surface area (Å²) in [5.74, 6) is -0.875. The number of hydrogen-bond acceptors (Lipinski definition) is 6. The molecule has 0 amide bonds. The van der Waals surface area contributed by atoms with Gasteiger partial charge in [0.05, 0.1) is 0 Å². The lowest BCUT2D eigenvalue weighted by Gasteiger charge is -2.18. The maximum absolute atomic E-state index is 13.0. The quantitative estimate of drug-likeness (QED) is 0.0261. The standard InChI is InChI=1S/C75H136O6/c1-4-7-10-13-16-19-22-25-28-31-33-35-36-37-38-40-41-44-47-50-53-56-59-62-65-68-74(77)80-71-72(70-79-73(76)67-64-61-58-55-52-49-46-43-30-27-24-21-18-15-12-9-6-3)81-75(78)69-66-63-60-57-54-51-48-45-42-39-34-32-29-26-23-20-17-14-11-8-5-2/h18,21,23,26-27,30,32,34,42,45,72H,4-17,19-20,22,24-25,28-29,31,33,35-41,43-44,46-71H2,1-3H3/b21-18-,26-23-,30-27-,34-32-,45-42-. The summed E-state index contributed by atoms with van der Waals surface area (Å²) in [6.07, 6.45) is 89.6. The zero-order chi connectivity index (χ0) is 58.5. The minimum atomic E-state index is -0.786. The zero-order valence-electron chi connectivity index (χ0n) is 54.3. The van der Waals surface area contributed by atoms with Crippen molar-refractivity contribution in [3.8, 4) is 0 Å². The van der Waals surface area contributed by atoms with Crippen LogP contribution in [-0.2, 0) is 28.6 Å². The molecule has 0 fully saturated rings. The molecule has 81 heavy (non-hydrogen) atoms. The van der Waals surface area contributed by atoms with Crippen molar-refractivity contribution in [1.82, 2.24) is 0 Å². The topological polar surface area (TPSA) is 78.9 Å². The molecule has 0 aliphatic heterocycles. The monoisotopic (exact) mass is 1130 g/mol. The molecule has 0 aliphatic carbocycles. The molecule has 1 unspecified atom stereocenters. The minimum Gasteiger partial charge on any atom is -0.462 e. The van der Waals surface area contributed by atoms with Crippen LogP contribution in [0.3, 0.4) is 0 Å². The molecule has 1 atom stereocenters. The summed E-state index contributed by atoms with van der Waals surface area (Å²) < 4.78 is 17.0. The summed E-state index contributed by atoms with van der Waals surface area (Å²) in [5, 5.41) is 0. The first-order valence-electron chi connectivity index (χ1n) is 35.8. The molecule has 0 N–H and O–H groups in total. The molecule has 472 valence electrons. The van der Waals surface area contributed by atoms with Gasteiger partial charge in [0.2, 0.25) is 0 Å². The SMILES string of the molecule is CCCCC/C=C\C/C=C\CCCCCCCCCC(=O)OCC(COC(=O)CCCCCCCCCCCCCCCCCCCCCCCCCCC)OC(=O)CCCCCCCC/C=C\C/C=C\C/C=C\CCCCCCC. The van der Waals surface area contributed by atoms with E-state index in [9.17, 15) is 14.4 Å². The molecule has 0 heterocycles. The van der Waals surface area contributed by atoms with Gasteiger partial charge in [0, 0.05) is 19.3 Å². The van der Waals surface area contributed by atoms with Gasteiger partial charge in [0.15, 0.2) is 6.10 Å². The number of carbonyl (C=O) groups is 3. The van der Waals surface area contributed by atoms with Crippen LogP contribution in [0.1, 0.15) is 380 Å². The van der Waals surface area contributed by atoms with E-state index in [-0.39, 0.29) is 31.1 Å². The van der Waals surface area contributed by atoms with Gasteiger partial charge in [-0.15, -0.1) is 0 Å². The summed E-state index contributed by atoms with van der Waals surface area (Å²) in [6.45, 7) is 6.65. The molecule has 0 saturated heterocycles. The maximum Gasteiger partial charge on any atom is 0.306 e. The Kier molecular flexibility index (Phi) is 67.1. The third kappa shape index (κ3) is 67.8. The second kappa shape index (κ2) is 69.6. The maximum atomic E-state index is 13.0. The van der Waals surface area contributed by atoms with E-state index in [1.54, 1.807) is 0 Å². The Balaban J connectivity index is 4.33. The van der Waals surface area contributed by atoms with Crippen LogP contribution in [-0.4, -0.2) is 37.2 Å². The van der Waals surface area contributed by atoms with Crippen molar-refractivity contribution < 1.29 is 28.6 Å². The van der Waals surface area contributed by atoms with Crippen molar-refractivity contribution in [1.29, 1.82) is 0 Å². The van der Waals surface area contributed by atoms with E-state index in [0.717, 1.165) is 96.3 Å². The fourth-order valence-electron chi connectivity index (χ4n) is 10.6. The van der Waals surface area contributed by atoms with Gasteiger partial charge in [-0.05, 0) is 89.9 Å². The summed E-state index contributed by atoms with van der Waals surface area (Å²) in [4.78, 5) is 38.5. The fraction of sp³-hybridized carbons (Fsp3) is 0.827. The molecule has 0 saturated carbocycles. The molecule has 0 aliphatic rings. The van der Waals surface area contributed by atoms with Gasteiger partial charge in [0.1, 0.15) is 13.2 Å². The van der Waals surface area contributed by atoms with Gasteiger partial charge in [-0.25, -0.2) is 0 Å². The number of rotatable bonds is 66. The van der Waals surface area contributed by atoms with Crippen LogP contribution in [0, 0.1) is 0 Å². The van der Waals surface area contributed by atoms with Gasteiger partial charge in [-0.3, -0.25) is 14.4 Å². The normalized spacial score (nSPS) is 12.4. The molecule has 0 bridgehead atoms. The van der Waals surface area contributed by atoms with E-state index in [1.807, 2.05) is 0 Å². The van der Waals surface area contributed by atoms with E-state index >= 15 is 0 Å². The Hall–Kier alpha value is -2.89. The van der Waals surface area contributed by atoms with Crippen molar-refractivity contribution in [2.24, 2.45) is 0 Å². The van der Waals surface area contributed by atoms with Crippen LogP contribution in [0.15, 0.2) is 60.8 Å². The number of carbonyl (C=O) groups excluding carboxylic acids is 3. The number of unbranched alkanes of at least 4 members (excludes halogenated alkanes) is 45. The first kappa shape index (κ1) is 78.1. The molecule has 6 heteroatoms. The predicted molar refractivity (Wildman–Crippen MR) is 353 cm³/mol. The van der Waals surface area contributed by atoms with Crippen LogP contribution in [0.4, 0.5) is 0 Å². The van der Waals surface area contributed by atoms with Crippen LogP contribution in [0.25, 0.3) is 0 Å². The minimum absolute atomic E-state index is 0.0787. The Morgan fingerprint density at radius 2 is 0.444 bits per heavy atom. The highest BCUT2D eigenvalue weighted by atomic mass is 16.6. The lowest BCUT2D eigenvalue weighted by atomic mass is 10.0. The van der Waals surface area contributed by atoms with E-state index in [1.165, 1.54) is 244 Å². The highest BCUT2D eigenvalue weighted by Gasteiger charge is 2.19. The van der Waals surface area contributed by atoms with E-state index in [2.05, 4.69) is 81.5 Å². The Morgan fingerprint density at radius 3 is 0.716 bits per heavy atom. The summed E-state index contributed by atoms with van der Waals surface area (Å²) >= 11 is 0. The molecule has 0 aromatic rings. The molecule has 0 aromatic carbocycles. The number of allylic oxidation sites excluding steroid dienone is 10.